The summed E-state index contributed by atoms with van der Waals surface area (Å²) < 4.78 is 25.9. The molecule has 0 amide bonds. The van der Waals surface area contributed by atoms with Crippen molar-refractivity contribution in [3.05, 3.63) is 0 Å². The summed E-state index contributed by atoms with van der Waals surface area (Å²) in [7, 11) is 0. The van der Waals surface area contributed by atoms with E-state index in [1.807, 2.05) is 0 Å². The van der Waals surface area contributed by atoms with E-state index in [9.17, 15) is 15.0 Å². The minimum absolute atomic E-state index is 0.0493. The number of esters is 1. The van der Waals surface area contributed by atoms with E-state index in [2.05, 4.69) is 58.3 Å². The Bertz CT molecular complexity index is 1360. The van der Waals surface area contributed by atoms with Gasteiger partial charge in [-0.15, -0.1) is 0 Å². The van der Waals surface area contributed by atoms with Gasteiger partial charge in [-0.2, -0.15) is 0 Å². The summed E-state index contributed by atoms with van der Waals surface area (Å²) >= 11 is 0. The number of aliphatic hydroxyl groups excluding tert-OH is 1. The molecule has 14 atom stereocenters. The van der Waals surface area contributed by atoms with Crippen molar-refractivity contribution in [1.29, 1.82) is 0 Å². The van der Waals surface area contributed by atoms with Crippen molar-refractivity contribution in [2.45, 2.75) is 175 Å². The number of hydrogen-bond donors (Lipinski definition) is 2. The van der Waals surface area contributed by atoms with Crippen LogP contribution in [0, 0.1) is 50.7 Å². The van der Waals surface area contributed by atoms with Crippen molar-refractivity contribution >= 4 is 5.97 Å². The molecule has 8 rings (SSSR count). The van der Waals surface area contributed by atoms with E-state index in [4.69, 9.17) is 18.9 Å². The number of nitrogens with zero attached hydrogens (tertiary/aromatic N) is 2. The number of carbonyl (C=O) groups excluding carboxylic acids is 1. The maximum atomic E-state index is 12.6. The van der Waals surface area contributed by atoms with Crippen molar-refractivity contribution in [1.82, 2.24) is 9.80 Å². The van der Waals surface area contributed by atoms with Crippen LogP contribution in [0.2, 0.25) is 0 Å². The molecule has 8 aliphatic rings. The van der Waals surface area contributed by atoms with Crippen LogP contribution in [0.15, 0.2) is 0 Å². The van der Waals surface area contributed by atoms with Crippen LogP contribution >= 0.6 is 0 Å². The molecule has 2 spiro atoms. The number of fused-ring (bicyclic) bond motifs is 4. The topological polar surface area (TPSA) is 101 Å². The molecule has 0 aromatic rings. The fourth-order valence-electron chi connectivity index (χ4n) is 15.0. The molecular weight excluding hydrogens is 644 g/mol. The highest BCUT2D eigenvalue weighted by atomic mass is 16.7. The average molecular weight is 715 g/mol. The van der Waals surface area contributed by atoms with Gasteiger partial charge in [-0.3, -0.25) is 14.6 Å². The molecule has 3 saturated heterocycles. The molecule has 0 radical (unpaired) electrons. The number of morpholine rings is 1. The molecule has 2 N–H and O–H groups in total. The van der Waals surface area contributed by atoms with Gasteiger partial charge in [0.1, 0.15) is 0 Å². The average Bonchev–Trinajstić information content (AvgIpc) is 3.64. The lowest BCUT2D eigenvalue weighted by Gasteiger charge is -2.64. The van der Waals surface area contributed by atoms with Crippen LogP contribution in [0.4, 0.5) is 0 Å². The number of hydrogen-bond acceptors (Lipinski definition) is 9. The second-order valence-corrected chi connectivity index (χ2v) is 20.9. The second kappa shape index (κ2) is 12.1. The summed E-state index contributed by atoms with van der Waals surface area (Å²) in [5.74, 6) is 1.14. The van der Waals surface area contributed by atoms with Gasteiger partial charge in [0.2, 0.25) is 0 Å². The van der Waals surface area contributed by atoms with E-state index in [1.165, 1.54) is 32.6 Å². The smallest absolute Gasteiger partial charge is 0.303 e. The van der Waals surface area contributed by atoms with E-state index in [0.717, 1.165) is 52.0 Å². The molecular formula is C42H70N2O7. The number of aliphatic hydroxyl groups is 2. The number of carbonyl (C=O) groups is 1. The van der Waals surface area contributed by atoms with Gasteiger partial charge in [-0.25, -0.2) is 0 Å². The maximum absolute atomic E-state index is 12.6. The molecule has 0 aromatic carbocycles. The highest BCUT2D eigenvalue weighted by Gasteiger charge is 2.84. The standard InChI is InChI=1S/C42H70N2O7/c1-24(2)44-20-27(21-44)43-17-18-48-32(22-43)51-31-13-14-41-23-42(41)16-15-39(9)33-25(3)19-28(36(38(7,8)47)49-26(4)45)50-34(33)35(46)40(39,10)30(42)12-11-29(41)37(31,5)6/h24-25,27-36,46-47H,11-23H2,1-10H3/t25-,28?,29+,30?,31+,32+,33+,34?,35+,36+,39-,40-,41?,42+/m1/s1. The van der Waals surface area contributed by atoms with Crippen molar-refractivity contribution in [3.63, 3.8) is 0 Å². The van der Waals surface area contributed by atoms with Crippen LogP contribution in [0.3, 0.4) is 0 Å². The van der Waals surface area contributed by atoms with Crippen LogP contribution < -0.4 is 0 Å². The SMILES string of the molecule is CC(=O)O[C@@H](C1C[C@@H](C)[C@H]2C(O1)[C@H](O)[C@@]1(C)C3CC[C@H]4C(C)(C)[C@@H](O[C@H]5CN(C6CN(C(C)C)C6)CCO5)CCC45C[C@@]35CC[C@]21C)C(C)(C)O. The normalized spacial score (nSPS) is 50.3. The van der Waals surface area contributed by atoms with Crippen molar-refractivity contribution < 1.29 is 34.0 Å². The summed E-state index contributed by atoms with van der Waals surface area (Å²) in [4.78, 5) is 17.3. The lowest BCUT2D eigenvalue weighted by atomic mass is 9.41. The second-order valence-electron chi connectivity index (χ2n) is 20.9. The minimum Gasteiger partial charge on any atom is -0.457 e. The predicted molar refractivity (Wildman–Crippen MR) is 195 cm³/mol. The summed E-state index contributed by atoms with van der Waals surface area (Å²) in [5.41, 5.74) is -0.930. The zero-order valence-corrected chi connectivity index (χ0v) is 33.5. The van der Waals surface area contributed by atoms with Crippen LogP contribution in [-0.2, 0) is 23.7 Å². The molecule has 3 aliphatic heterocycles. The van der Waals surface area contributed by atoms with Gasteiger partial charge in [0.15, 0.2) is 12.4 Å². The van der Waals surface area contributed by atoms with Gasteiger partial charge < -0.3 is 29.2 Å². The minimum atomic E-state index is -1.25. The monoisotopic (exact) mass is 715 g/mol. The molecule has 3 heterocycles. The van der Waals surface area contributed by atoms with Gasteiger partial charge in [0, 0.05) is 50.6 Å². The van der Waals surface area contributed by atoms with Gasteiger partial charge in [-0.1, -0.05) is 34.6 Å². The molecule has 0 aromatic heterocycles. The summed E-state index contributed by atoms with van der Waals surface area (Å²) in [5, 5.41) is 23.7. The van der Waals surface area contributed by atoms with E-state index in [1.54, 1.807) is 13.8 Å². The van der Waals surface area contributed by atoms with E-state index in [0.29, 0.717) is 35.8 Å². The summed E-state index contributed by atoms with van der Waals surface area (Å²) in [6.45, 7) is 26.5. The largest absolute Gasteiger partial charge is 0.457 e. The lowest BCUT2D eigenvalue weighted by Crippen LogP contribution is -2.64. The van der Waals surface area contributed by atoms with Gasteiger partial charge in [0.25, 0.3) is 0 Å². The molecule has 9 heteroatoms. The third-order valence-electron chi connectivity index (χ3n) is 17.6. The Morgan fingerprint density at radius 1 is 0.980 bits per heavy atom. The van der Waals surface area contributed by atoms with Gasteiger partial charge in [-0.05, 0) is 124 Å². The quantitative estimate of drug-likeness (QED) is 0.325. The van der Waals surface area contributed by atoms with Crippen LogP contribution in [0.25, 0.3) is 0 Å². The zero-order valence-electron chi connectivity index (χ0n) is 33.5. The number of ether oxygens (including phenoxy) is 4. The fourth-order valence-corrected chi connectivity index (χ4v) is 15.0. The first-order valence-corrected chi connectivity index (χ1v) is 20.8. The van der Waals surface area contributed by atoms with Crippen molar-refractivity contribution in [3.8, 4) is 0 Å². The Hall–Kier alpha value is -0.810. The molecule has 51 heavy (non-hydrogen) atoms. The molecule has 4 unspecified atom stereocenters. The Morgan fingerprint density at radius 2 is 1.67 bits per heavy atom. The zero-order chi connectivity index (χ0) is 36.7. The van der Waals surface area contributed by atoms with E-state index in [-0.39, 0.29) is 52.0 Å². The van der Waals surface area contributed by atoms with Gasteiger partial charge in [0.05, 0.1) is 36.6 Å². The van der Waals surface area contributed by atoms with Crippen molar-refractivity contribution in [2.75, 3.05) is 32.8 Å². The Labute approximate surface area is 307 Å². The number of rotatable bonds is 7. The molecule has 8 fully saturated rings. The van der Waals surface area contributed by atoms with Crippen LogP contribution in [0.5, 0.6) is 0 Å². The lowest BCUT2D eigenvalue weighted by molar-refractivity contribution is -0.253. The highest BCUT2D eigenvalue weighted by molar-refractivity contribution is 5.66. The van der Waals surface area contributed by atoms with Gasteiger partial charge >= 0.3 is 5.97 Å². The van der Waals surface area contributed by atoms with Crippen LogP contribution in [0.1, 0.15) is 121 Å². The van der Waals surface area contributed by atoms with Crippen molar-refractivity contribution in [2.24, 2.45) is 50.7 Å². The maximum Gasteiger partial charge on any atom is 0.303 e. The Morgan fingerprint density at radius 3 is 2.33 bits per heavy atom. The molecule has 290 valence electrons. The van der Waals surface area contributed by atoms with E-state index >= 15 is 0 Å². The molecule has 5 saturated carbocycles. The Kier molecular flexibility index (Phi) is 8.80. The summed E-state index contributed by atoms with van der Waals surface area (Å²) in [6, 6.07) is 1.23. The van der Waals surface area contributed by atoms with E-state index < -0.39 is 29.9 Å². The van der Waals surface area contributed by atoms with Crippen LogP contribution in [-0.4, -0.2) is 113 Å². The third kappa shape index (κ3) is 5.20. The molecule has 9 nitrogen and oxygen atoms in total. The molecule has 0 bridgehead atoms. The predicted octanol–water partition coefficient (Wildman–Crippen LogP) is 5.64. The first kappa shape index (κ1) is 37.1. The number of likely N-dealkylation sites (tertiary alicyclic amines) is 1. The third-order valence-corrected chi connectivity index (χ3v) is 17.6. The summed E-state index contributed by atoms with van der Waals surface area (Å²) in [6.07, 6.45) is 6.85. The Balaban J connectivity index is 0.993. The molecule has 5 aliphatic carbocycles. The first-order chi connectivity index (χ1) is 23.8. The highest BCUT2D eigenvalue weighted by Crippen LogP contribution is 2.89. The fraction of sp³-hybridized carbons (Fsp3) is 0.976. The first-order valence-electron chi connectivity index (χ1n) is 20.8.